The number of pyridine rings is 4. The van der Waals surface area contributed by atoms with E-state index in [0.29, 0.717) is 26.4 Å². The summed E-state index contributed by atoms with van der Waals surface area (Å²) in [4.78, 5) is 42.2. The second-order valence-corrected chi connectivity index (χ2v) is 15.9. The van der Waals surface area contributed by atoms with Gasteiger partial charge in [-0.05, 0) is 153 Å². The molecule has 0 radical (unpaired) electrons. The summed E-state index contributed by atoms with van der Waals surface area (Å²) in [6.07, 6.45) is 15.6. The number of hydrogen-bond donors (Lipinski definition) is 0. The zero-order valence-corrected chi connectivity index (χ0v) is 35.4. The summed E-state index contributed by atoms with van der Waals surface area (Å²) in [6, 6.07) is 27.9. The third-order valence-corrected chi connectivity index (χ3v) is 10.8. The fourth-order valence-electron chi connectivity index (χ4n) is 6.60. The lowest BCUT2D eigenvalue weighted by Gasteiger charge is -2.32. The molecule has 4 heterocycles. The Hall–Kier alpha value is -6.14. The van der Waals surface area contributed by atoms with E-state index in [0.717, 1.165) is 68.5 Å². The van der Waals surface area contributed by atoms with Crippen molar-refractivity contribution in [2.24, 2.45) is 10.8 Å². The fraction of sp³-hybridized carbons (Fsp3) is 0.320. The van der Waals surface area contributed by atoms with Crippen molar-refractivity contribution in [3.05, 3.63) is 146 Å². The summed E-state index contributed by atoms with van der Waals surface area (Å²) in [6.45, 7) is 9.67. The number of ether oxygens (including phenoxy) is 5. The van der Waals surface area contributed by atoms with Crippen LogP contribution >= 0.6 is 0 Å². The van der Waals surface area contributed by atoms with E-state index < -0.39 is 11.9 Å². The molecule has 0 spiro atoms. The van der Waals surface area contributed by atoms with E-state index in [1.165, 1.54) is 0 Å². The second-order valence-electron chi connectivity index (χ2n) is 15.9. The monoisotopic (exact) mass is 822 g/mol. The topological polar surface area (TPSA) is 132 Å². The highest BCUT2D eigenvalue weighted by Gasteiger charge is 2.28. The Morgan fingerprint density at radius 3 is 0.984 bits per heavy atom. The molecule has 0 amide bonds. The molecule has 0 saturated heterocycles. The average Bonchev–Trinajstić information content (AvgIpc) is 3.31. The van der Waals surface area contributed by atoms with Crippen LogP contribution in [-0.2, 0) is 46.5 Å². The van der Waals surface area contributed by atoms with E-state index in [9.17, 15) is 9.59 Å². The maximum absolute atomic E-state index is 12.8. The Balaban J connectivity index is 0.931. The number of aromatic nitrogens is 4. The summed E-state index contributed by atoms with van der Waals surface area (Å²) in [5.41, 5.74) is 9.12. The quantitative estimate of drug-likeness (QED) is 0.0607. The molecule has 0 aliphatic heterocycles. The first-order chi connectivity index (χ1) is 29.6. The maximum Gasteiger partial charge on any atom is 0.332 e. The van der Waals surface area contributed by atoms with Crippen LogP contribution < -0.4 is 0 Å². The van der Waals surface area contributed by atoms with Gasteiger partial charge in [0.15, 0.2) is 0 Å². The normalized spacial score (nSPS) is 13.2. The smallest absolute Gasteiger partial charge is 0.332 e. The summed E-state index contributed by atoms with van der Waals surface area (Å²) < 4.78 is 29.4. The van der Waals surface area contributed by atoms with E-state index in [2.05, 4.69) is 59.8 Å². The summed E-state index contributed by atoms with van der Waals surface area (Å²) in [5, 5.41) is 0. The van der Waals surface area contributed by atoms with Gasteiger partial charge in [-0.2, -0.15) is 0 Å². The molecule has 11 heteroatoms. The lowest BCUT2D eigenvalue weighted by molar-refractivity contribution is -0.152. The molecule has 0 N–H and O–H groups in total. The molecule has 0 fully saturated rings. The number of esters is 2. The van der Waals surface area contributed by atoms with Crippen LogP contribution in [0.3, 0.4) is 0 Å². The first kappa shape index (κ1) is 44.4. The predicted molar refractivity (Wildman–Crippen MR) is 235 cm³/mol. The van der Waals surface area contributed by atoms with Crippen molar-refractivity contribution < 1.29 is 33.3 Å². The highest BCUT2D eigenvalue weighted by Crippen LogP contribution is 2.31. The summed E-state index contributed by atoms with van der Waals surface area (Å²) in [5.74, 6) is -0.886. The Kier molecular flexibility index (Phi) is 16.0. The van der Waals surface area contributed by atoms with Crippen LogP contribution in [0.5, 0.6) is 0 Å². The van der Waals surface area contributed by atoms with E-state index >= 15 is 0 Å². The van der Waals surface area contributed by atoms with Gasteiger partial charge in [0.25, 0.3) is 0 Å². The molecule has 2 atom stereocenters. The summed E-state index contributed by atoms with van der Waals surface area (Å²) in [7, 11) is 0. The van der Waals surface area contributed by atoms with Gasteiger partial charge in [-0.25, -0.2) is 9.59 Å². The molecule has 0 aliphatic carbocycles. The standard InChI is InChI=1S/C50H54N4O7/c1-5-49(3,33-57-31-47(55)60-29-37-23-43(39-7-15-51-16-8-39)27-44(24-37)40-9-17-52-18-10-40)35-59-36-50(4,6-2)34-58-32-48(56)61-30-38-25-45(41-11-19-53-20-12-41)28-46(26-38)42-13-21-54-22-14-42/h7-28H,5-6,29-36H2,1-4H3. The molecule has 2 aromatic carbocycles. The lowest BCUT2D eigenvalue weighted by Crippen LogP contribution is -2.34. The van der Waals surface area contributed by atoms with Crippen LogP contribution in [0.4, 0.5) is 0 Å². The van der Waals surface area contributed by atoms with Crippen LogP contribution in [0, 0.1) is 10.8 Å². The minimum absolute atomic E-state index is 0.109. The maximum atomic E-state index is 12.8. The van der Waals surface area contributed by atoms with E-state index in [1.54, 1.807) is 49.6 Å². The average molecular weight is 823 g/mol. The van der Waals surface area contributed by atoms with Gasteiger partial charge in [0.1, 0.15) is 26.4 Å². The zero-order valence-electron chi connectivity index (χ0n) is 35.4. The third kappa shape index (κ3) is 13.4. The van der Waals surface area contributed by atoms with Crippen molar-refractivity contribution in [2.45, 2.75) is 53.8 Å². The Morgan fingerprint density at radius 2 is 0.705 bits per heavy atom. The van der Waals surface area contributed by atoms with Crippen LogP contribution in [-0.4, -0.2) is 71.5 Å². The third-order valence-electron chi connectivity index (χ3n) is 10.8. The Morgan fingerprint density at radius 1 is 0.426 bits per heavy atom. The number of nitrogens with zero attached hydrogens (tertiary/aromatic N) is 4. The number of carbonyl (C=O) groups excluding carboxylic acids is 2. The predicted octanol–water partition coefficient (Wildman–Crippen LogP) is 9.60. The van der Waals surface area contributed by atoms with Crippen molar-refractivity contribution in [3.8, 4) is 44.5 Å². The molecule has 0 bridgehead atoms. The van der Waals surface area contributed by atoms with Crippen LogP contribution in [0.15, 0.2) is 135 Å². The van der Waals surface area contributed by atoms with Crippen LogP contribution in [0.2, 0.25) is 0 Å². The Labute approximate surface area is 358 Å². The van der Waals surface area contributed by atoms with Crippen molar-refractivity contribution in [2.75, 3.05) is 39.6 Å². The van der Waals surface area contributed by atoms with Gasteiger partial charge in [-0.1, -0.05) is 27.7 Å². The molecule has 6 aromatic rings. The number of benzene rings is 2. The molecule has 2 unspecified atom stereocenters. The lowest BCUT2D eigenvalue weighted by atomic mass is 9.88. The molecule has 61 heavy (non-hydrogen) atoms. The van der Waals surface area contributed by atoms with Gasteiger partial charge in [0, 0.05) is 60.4 Å². The van der Waals surface area contributed by atoms with Crippen molar-refractivity contribution in [1.29, 1.82) is 0 Å². The highest BCUT2D eigenvalue weighted by molar-refractivity contribution is 5.76. The molecule has 316 valence electrons. The summed E-state index contributed by atoms with van der Waals surface area (Å²) >= 11 is 0. The minimum atomic E-state index is -0.443. The SMILES string of the molecule is CCC(C)(COCC(=O)OCc1cc(-c2ccncc2)cc(-c2ccncc2)c1)COCC(C)(CC)COCC(=O)OCc1cc(-c2ccncc2)cc(-c2ccncc2)c1. The van der Waals surface area contributed by atoms with Gasteiger partial charge >= 0.3 is 11.9 Å². The van der Waals surface area contributed by atoms with Crippen LogP contribution in [0.1, 0.15) is 51.7 Å². The van der Waals surface area contributed by atoms with Gasteiger partial charge in [0.2, 0.25) is 0 Å². The first-order valence-electron chi connectivity index (χ1n) is 20.6. The number of rotatable bonds is 22. The molecular formula is C50H54N4O7. The molecule has 11 nitrogen and oxygen atoms in total. The highest BCUT2D eigenvalue weighted by atomic mass is 16.6. The van der Waals surface area contributed by atoms with Crippen LogP contribution in [0.25, 0.3) is 44.5 Å². The van der Waals surface area contributed by atoms with Gasteiger partial charge in [0.05, 0.1) is 26.4 Å². The fourth-order valence-corrected chi connectivity index (χ4v) is 6.60. The first-order valence-corrected chi connectivity index (χ1v) is 20.6. The minimum Gasteiger partial charge on any atom is -0.459 e. The largest absolute Gasteiger partial charge is 0.459 e. The van der Waals surface area contributed by atoms with E-state index in [4.69, 9.17) is 23.7 Å². The van der Waals surface area contributed by atoms with Gasteiger partial charge in [-0.3, -0.25) is 19.9 Å². The van der Waals surface area contributed by atoms with Crippen molar-refractivity contribution in [3.63, 3.8) is 0 Å². The molecule has 4 aromatic heterocycles. The molecule has 0 aliphatic rings. The van der Waals surface area contributed by atoms with Gasteiger partial charge in [-0.15, -0.1) is 0 Å². The second kappa shape index (κ2) is 21.9. The zero-order chi connectivity index (χ0) is 42.9. The Bertz CT molecular complexity index is 2020. The molecular weight excluding hydrogens is 769 g/mol. The number of hydrogen-bond acceptors (Lipinski definition) is 11. The van der Waals surface area contributed by atoms with Crippen molar-refractivity contribution in [1.82, 2.24) is 19.9 Å². The number of carbonyl (C=O) groups is 2. The molecule has 6 rings (SSSR count). The van der Waals surface area contributed by atoms with Gasteiger partial charge < -0.3 is 23.7 Å². The molecule has 0 saturated carbocycles. The van der Waals surface area contributed by atoms with E-state index in [1.807, 2.05) is 72.8 Å². The van der Waals surface area contributed by atoms with Crippen molar-refractivity contribution >= 4 is 11.9 Å². The van der Waals surface area contributed by atoms with E-state index in [-0.39, 0.29) is 37.3 Å².